The Labute approximate surface area is 150 Å². The van der Waals surface area contributed by atoms with E-state index in [1.165, 1.54) is 19.1 Å². The van der Waals surface area contributed by atoms with Crippen molar-refractivity contribution in [1.82, 2.24) is 15.4 Å². The maximum Gasteiger partial charge on any atom is 0.359 e. The predicted molar refractivity (Wildman–Crippen MR) is 90.3 cm³/mol. The van der Waals surface area contributed by atoms with E-state index < -0.39 is 18.0 Å². The Hall–Kier alpha value is -2.97. The van der Waals surface area contributed by atoms with Crippen molar-refractivity contribution in [1.29, 1.82) is 0 Å². The molecule has 1 amide bonds. The van der Waals surface area contributed by atoms with Crippen LogP contribution in [0.25, 0.3) is 0 Å². The van der Waals surface area contributed by atoms with Crippen LogP contribution >= 0.6 is 0 Å². The van der Waals surface area contributed by atoms with Crippen molar-refractivity contribution in [3.8, 4) is 5.88 Å². The van der Waals surface area contributed by atoms with E-state index in [0.717, 1.165) is 30.5 Å². The molecule has 2 rings (SSSR count). The number of esters is 1. The van der Waals surface area contributed by atoms with Crippen LogP contribution < -0.4 is 10.5 Å². The van der Waals surface area contributed by atoms with Gasteiger partial charge in [-0.1, -0.05) is 18.5 Å². The maximum absolute atomic E-state index is 11.8. The molecule has 0 saturated carbocycles. The van der Waals surface area contributed by atoms with Crippen molar-refractivity contribution in [2.45, 2.75) is 52.7 Å². The van der Waals surface area contributed by atoms with Gasteiger partial charge in [-0.05, 0) is 32.8 Å². The lowest BCUT2D eigenvalue weighted by molar-refractivity contribution is -0.125. The monoisotopic (exact) mass is 362 g/mol. The minimum atomic E-state index is -1.04. The average Bonchev–Trinajstić information content (AvgIpc) is 2.98. The van der Waals surface area contributed by atoms with Gasteiger partial charge >= 0.3 is 5.97 Å². The number of nitrogens with two attached hydrogens (primary N) is 1. The summed E-state index contributed by atoms with van der Waals surface area (Å²) in [5.41, 5.74) is 6.76. The van der Waals surface area contributed by atoms with Crippen LogP contribution in [0.2, 0.25) is 0 Å². The number of aromatic nitrogens is 3. The van der Waals surface area contributed by atoms with Gasteiger partial charge in [0.25, 0.3) is 5.91 Å². The number of carbonyl (C=O) groups is 2. The predicted octanol–water partition coefficient (Wildman–Crippen LogP) is 1.73. The molecule has 2 N–H and O–H groups in total. The zero-order valence-electron chi connectivity index (χ0n) is 15.0. The third kappa shape index (κ3) is 5.01. The molecule has 0 spiro atoms. The summed E-state index contributed by atoms with van der Waals surface area (Å²) in [5.74, 6) is -0.586. The lowest BCUT2D eigenvalue weighted by atomic mass is 10.1. The van der Waals surface area contributed by atoms with Crippen molar-refractivity contribution >= 4 is 11.9 Å². The van der Waals surface area contributed by atoms with E-state index >= 15 is 0 Å². The molecule has 0 aliphatic rings. The fraction of sp³-hybridized carbons (Fsp3) is 0.471. The van der Waals surface area contributed by atoms with Crippen LogP contribution in [0.5, 0.6) is 5.88 Å². The van der Waals surface area contributed by atoms with Crippen molar-refractivity contribution < 1.29 is 23.6 Å². The highest BCUT2D eigenvalue weighted by Gasteiger charge is 2.18. The number of hydrogen-bond acceptors (Lipinski definition) is 8. The second-order valence-corrected chi connectivity index (χ2v) is 5.76. The van der Waals surface area contributed by atoms with E-state index in [4.69, 9.17) is 19.7 Å². The number of carbonyl (C=O) groups excluding carboxylic acids is 2. The van der Waals surface area contributed by atoms with Crippen molar-refractivity contribution in [3.05, 3.63) is 34.8 Å². The summed E-state index contributed by atoms with van der Waals surface area (Å²) in [6.07, 6.45) is 1.85. The standard InChI is InChI=1S/C17H22N4O5/c1-4-5-6-13-12(10(2)26-21-13)9-24-15-8-7-14(19-20-15)17(23)25-11(3)16(18)22/h7-8,11H,4-6,9H2,1-3H3,(H2,18,22)/t11-/m1/s1. The maximum atomic E-state index is 11.8. The van der Waals surface area contributed by atoms with Gasteiger partial charge in [0.2, 0.25) is 5.88 Å². The van der Waals surface area contributed by atoms with Crippen molar-refractivity contribution in [2.24, 2.45) is 5.73 Å². The zero-order valence-corrected chi connectivity index (χ0v) is 15.0. The Morgan fingerprint density at radius 1 is 1.31 bits per heavy atom. The molecule has 0 aromatic carbocycles. The van der Waals surface area contributed by atoms with Gasteiger partial charge in [0.15, 0.2) is 11.8 Å². The first-order valence-electron chi connectivity index (χ1n) is 8.33. The van der Waals surface area contributed by atoms with Gasteiger partial charge in [0, 0.05) is 6.07 Å². The molecule has 0 aliphatic heterocycles. The quantitative estimate of drug-likeness (QED) is 0.667. The fourth-order valence-corrected chi connectivity index (χ4v) is 2.09. The van der Waals surface area contributed by atoms with E-state index in [2.05, 4.69) is 22.3 Å². The number of unbranched alkanes of at least 4 members (excludes halogenated alkanes) is 1. The topological polar surface area (TPSA) is 130 Å². The van der Waals surface area contributed by atoms with Crippen LogP contribution in [0.4, 0.5) is 0 Å². The number of rotatable bonds is 9. The Bertz CT molecular complexity index is 757. The Balaban J connectivity index is 1.97. The summed E-state index contributed by atoms with van der Waals surface area (Å²) in [6.45, 7) is 5.55. The van der Waals surface area contributed by atoms with E-state index in [-0.39, 0.29) is 18.2 Å². The molecule has 0 saturated heterocycles. The van der Waals surface area contributed by atoms with Gasteiger partial charge < -0.3 is 19.7 Å². The van der Waals surface area contributed by atoms with Crippen molar-refractivity contribution in [2.75, 3.05) is 0 Å². The van der Waals surface area contributed by atoms with E-state index in [1.807, 2.05) is 6.92 Å². The van der Waals surface area contributed by atoms with Crippen LogP contribution in [-0.4, -0.2) is 33.3 Å². The minimum Gasteiger partial charge on any atom is -0.472 e. The molecule has 0 radical (unpaired) electrons. The summed E-state index contributed by atoms with van der Waals surface area (Å²) in [6, 6.07) is 2.89. The van der Waals surface area contributed by atoms with Gasteiger partial charge in [-0.15, -0.1) is 10.2 Å². The molecule has 26 heavy (non-hydrogen) atoms. The van der Waals surface area contributed by atoms with E-state index in [0.29, 0.717) is 5.76 Å². The molecule has 2 aromatic rings. The van der Waals surface area contributed by atoms with E-state index in [9.17, 15) is 9.59 Å². The first-order valence-corrected chi connectivity index (χ1v) is 8.33. The summed E-state index contributed by atoms with van der Waals surface area (Å²) >= 11 is 0. The molecular weight excluding hydrogens is 340 g/mol. The van der Waals surface area contributed by atoms with Crippen molar-refractivity contribution in [3.63, 3.8) is 0 Å². The number of nitrogens with zero attached hydrogens (tertiary/aromatic N) is 3. The summed E-state index contributed by atoms with van der Waals surface area (Å²) in [5, 5.41) is 11.6. The molecule has 0 bridgehead atoms. The second-order valence-electron chi connectivity index (χ2n) is 5.76. The first-order chi connectivity index (χ1) is 12.4. The Morgan fingerprint density at radius 2 is 2.08 bits per heavy atom. The van der Waals surface area contributed by atoms with E-state index in [1.54, 1.807) is 0 Å². The van der Waals surface area contributed by atoms with Gasteiger partial charge in [-0.3, -0.25) is 4.79 Å². The van der Waals surface area contributed by atoms with Crippen LogP contribution in [-0.2, 0) is 22.6 Å². The molecule has 140 valence electrons. The third-order valence-corrected chi connectivity index (χ3v) is 3.73. The first kappa shape index (κ1) is 19.4. The largest absolute Gasteiger partial charge is 0.472 e. The smallest absolute Gasteiger partial charge is 0.359 e. The minimum absolute atomic E-state index is 0.0461. The highest BCUT2D eigenvalue weighted by atomic mass is 16.5. The molecule has 0 fully saturated rings. The van der Waals surface area contributed by atoms with Crippen LogP contribution in [0.15, 0.2) is 16.7 Å². The van der Waals surface area contributed by atoms with Crippen LogP contribution in [0, 0.1) is 6.92 Å². The lowest BCUT2D eigenvalue weighted by Gasteiger charge is -2.09. The Morgan fingerprint density at radius 3 is 2.69 bits per heavy atom. The molecule has 0 unspecified atom stereocenters. The number of ether oxygens (including phenoxy) is 2. The Kier molecular flexibility index (Phi) is 6.65. The zero-order chi connectivity index (χ0) is 19.1. The van der Waals surface area contributed by atoms with Gasteiger partial charge in [-0.25, -0.2) is 4.79 Å². The molecule has 2 heterocycles. The molecule has 9 heteroatoms. The number of amides is 1. The summed E-state index contributed by atoms with van der Waals surface area (Å²) < 4.78 is 15.7. The average molecular weight is 362 g/mol. The SMILES string of the molecule is CCCCc1noc(C)c1COc1ccc(C(=O)O[C@H](C)C(N)=O)nn1. The highest BCUT2D eigenvalue weighted by molar-refractivity contribution is 5.90. The number of aryl methyl sites for hydroxylation is 2. The number of primary amides is 1. The van der Waals surface area contributed by atoms with Gasteiger partial charge in [0.05, 0.1) is 11.3 Å². The molecular formula is C17H22N4O5. The molecule has 9 nitrogen and oxygen atoms in total. The molecule has 0 aliphatic carbocycles. The van der Waals surface area contributed by atoms with Crippen LogP contribution in [0.3, 0.4) is 0 Å². The van der Waals surface area contributed by atoms with Crippen LogP contribution in [0.1, 0.15) is 54.2 Å². The highest BCUT2D eigenvalue weighted by Crippen LogP contribution is 2.18. The number of hydrogen-bond donors (Lipinski definition) is 1. The molecule has 2 aromatic heterocycles. The second kappa shape index (κ2) is 8.93. The van der Waals surface area contributed by atoms with Gasteiger partial charge in [-0.2, -0.15) is 0 Å². The molecule has 1 atom stereocenters. The normalized spacial score (nSPS) is 11.8. The summed E-state index contributed by atoms with van der Waals surface area (Å²) in [7, 11) is 0. The lowest BCUT2D eigenvalue weighted by Crippen LogP contribution is -2.30. The summed E-state index contributed by atoms with van der Waals surface area (Å²) in [4.78, 5) is 22.7. The van der Waals surface area contributed by atoms with Gasteiger partial charge in [0.1, 0.15) is 12.4 Å². The third-order valence-electron chi connectivity index (χ3n) is 3.73. The fourth-order valence-electron chi connectivity index (χ4n) is 2.09.